The van der Waals surface area contributed by atoms with Gasteiger partial charge < -0.3 is 10.2 Å². The fourth-order valence-corrected chi connectivity index (χ4v) is 5.02. The van der Waals surface area contributed by atoms with Crippen molar-refractivity contribution in [2.24, 2.45) is 11.8 Å². The highest BCUT2D eigenvalue weighted by molar-refractivity contribution is 8.00. The Hall–Kier alpha value is -1.23. The Kier molecular flexibility index (Phi) is 4.22. The molecule has 2 fully saturated rings. The maximum absolute atomic E-state index is 12.5. The molecule has 2 aliphatic heterocycles. The first-order valence-corrected chi connectivity index (χ1v) is 9.37. The van der Waals surface area contributed by atoms with Gasteiger partial charge in [-0.25, -0.2) is 0 Å². The number of nitrogens with one attached hydrogen (secondary N) is 1. The molecule has 5 heteroatoms. The molecule has 2 saturated heterocycles. The third-order valence-corrected chi connectivity index (χ3v) is 6.27. The summed E-state index contributed by atoms with van der Waals surface area (Å²) in [4.78, 5) is 15.6. The summed E-state index contributed by atoms with van der Waals surface area (Å²) in [6.45, 7) is 3.93. The molecule has 0 spiro atoms. The van der Waals surface area contributed by atoms with Crippen molar-refractivity contribution in [3.8, 4) is 0 Å². The Morgan fingerprint density at radius 3 is 2.61 bits per heavy atom. The predicted molar refractivity (Wildman–Crippen MR) is 96.1 cm³/mol. The molecular weight excluding hydrogens is 328 g/mol. The highest BCUT2D eigenvalue weighted by Gasteiger charge is 2.37. The SMILES string of the molecule is O=C(CSc1cccc2cccc(Cl)c12)N1C[C@H]2CNC[C@H]2C1. The predicted octanol–water partition coefficient (Wildman–Crippen LogP) is 3.26. The first-order chi connectivity index (χ1) is 11.2. The topological polar surface area (TPSA) is 32.3 Å². The normalized spacial score (nSPS) is 23.4. The minimum absolute atomic E-state index is 0.244. The van der Waals surface area contributed by atoms with Gasteiger partial charge in [-0.15, -0.1) is 11.8 Å². The second kappa shape index (κ2) is 6.34. The number of nitrogens with zero attached hydrogens (tertiary/aromatic N) is 1. The van der Waals surface area contributed by atoms with E-state index in [9.17, 15) is 4.79 Å². The Labute approximate surface area is 145 Å². The summed E-state index contributed by atoms with van der Waals surface area (Å²) >= 11 is 7.95. The van der Waals surface area contributed by atoms with Crippen LogP contribution in [-0.2, 0) is 4.79 Å². The van der Waals surface area contributed by atoms with Crippen LogP contribution in [0, 0.1) is 11.8 Å². The van der Waals surface area contributed by atoms with Crippen molar-refractivity contribution in [2.75, 3.05) is 31.9 Å². The zero-order valence-corrected chi connectivity index (χ0v) is 14.4. The summed E-state index contributed by atoms with van der Waals surface area (Å²) in [5, 5.41) is 6.33. The van der Waals surface area contributed by atoms with Gasteiger partial charge in [0.15, 0.2) is 0 Å². The van der Waals surface area contributed by atoms with Crippen molar-refractivity contribution < 1.29 is 4.79 Å². The van der Waals surface area contributed by atoms with Crippen LogP contribution >= 0.6 is 23.4 Å². The molecule has 120 valence electrons. The smallest absolute Gasteiger partial charge is 0.232 e. The number of rotatable bonds is 3. The summed E-state index contributed by atoms with van der Waals surface area (Å²) in [5.41, 5.74) is 0. The molecule has 3 nitrogen and oxygen atoms in total. The Morgan fingerprint density at radius 1 is 1.17 bits per heavy atom. The number of carbonyl (C=O) groups excluding carboxylic acids is 1. The number of hydrogen-bond acceptors (Lipinski definition) is 3. The van der Waals surface area contributed by atoms with E-state index in [4.69, 9.17) is 11.6 Å². The molecule has 0 saturated carbocycles. The van der Waals surface area contributed by atoms with Gasteiger partial charge in [-0.2, -0.15) is 0 Å². The number of thioether (sulfide) groups is 1. The van der Waals surface area contributed by atoms with E-state index in [1.54, 1.807) is 11.8 Å². The molecular formula is C18H19ClN2OS. The van der Waals surface area contributed by atoms with Crippen LogP contribution in [0.25, 0.3) is 10.8 Å². The van der Waals surface area contributed by atoms with Gasteiger partial charge >= 0.3 is 0 Å². The number of halogens is 1. The lowest BCUT2D eigenvalue weighted by Crippen LogP contribution is -2.33. The Balaban J connectivity index is 1.46. The summed E-state index contributed by atoms with van der Waals surface area (Å²) in [6.07, 6.45) is 0. The van der Waals surface area contributed by atoms with Gasteiger partial charge in [0.1, 0.15) is 0 Å². The van der Waals surface area contributed by atoms with Crippen molar-refractivity contribution in [3.63, 3.8) is 0 Å². The van der Waals surface area contributed by atoms with Crippen LogP contribution in [-0.4, -0.2) is 42.7 Å². The van der Waals surface area contributed by atoms with Gasteiger partial charge in [0.2, 0.25) is 5.91 Å². The van der Waals surface area contributed by atoms with E-state index in [2.05, 4.69) is 23.5 Å². The summed E-state index contributed by atoms with van der Waals surface area (Å²) in [5.74, 6) is 2.03. The fourth-order valence-electron chi connectivity index (χ4n) is 3.67. The lowest BCUT2D eigenvalue weighted by molar-refractivity contribution is -0.127. The van der Waals surface area contributed by atoms with Gasteiger partial charge in [0.25, 0.3) is 0 Å². The van der Waals surface area contributed by atoms with Crippen LogP contribution in [0.5, 0.6) is 0 Å². The van der Waals surface area contributed by atoms with Crippen molar-refractivity contribution in [1.82, 2.24) is 10.2 Å². The molecule has 2 aliphatic rings. The Morgan fingerprint density at radius 2 is 1.87 bits per heavy atom. The van der Waals surface area contributed by atoms with Crippen molar-refractivity contribution >= 4 is 40.0 Å². The molecule has 0 radical (unpaired) electrons. The van der Waals surface area contributed by atoms with Gasteiger partial charge in [-0.05, 0) is 29.4 Å². The molecule has 0 unspecified atom stereocenters. The summed E-state index contributed by atoms with van der Waals surface area (Å²) < 4.78 is 0. The molecule has 2 heterocycles. The van der Waals surface area contributed by atoms with Gasteiger partial charge in [-0.1, -0.05) is 35.9 Å². The van der Waals surface area contributed by atoms with E-state index in [-0.39, 0.29) is 5.91 Å². The number of carbonyl (C=O) groups is 1. The quantitative estimate of drug-likeness (QED) is 0.866. The first kappa shape index (κ1) is 15.3. The van der Waals surface area contributed by atoms with E-state index in [0.717, 1.165) is 46.9 Å². The highest BCUT2D eigenvalue weighted by atomic mass is 35.5. The molecule has 0 aliphatic carbocycles. The minimum atomic E-state index is 0.244. The minimum Gasteiger partial charge on any atom is -0.341 e. The number of benzene rings is 2. The molecule has 2 aromatic carbocycles. The molecule has 1 amide bonds. The number of likely N-dealkylation sites (tertiary alicyclic amines) is 1. The van der Waals surface area contributed by atoms with Crippen LogP contribution in [0.2, 0.25) is 5.02 Å². The molecule has 2 atom stereocenters. The Bertz CT molecular complexity index is 734. The van der Waals surface area contributed by atoms with Crippen molar-refractivity contribution in [2.45, 2.75) is 4.90 Å². The number of amides is 1. The van der Waals surface area contributed by atoms with Crippen LogP contribution in [0.15, 0.2) is 41.3 Å². The average molecular weight is 347 g/mol. The fraction of sp³-hybridized carbons (Fsp3) is 0.389. The largest absolute Gasteiger partial charge is 0.341 e. The van der Waals surface area contributed by atoms with E-state index in [1.807, 2.05) is 23.1 Å². The zero-order chi connectivity index (χ0) is 15.8. The van der Waals surface area contributed by atoms with Gasteiger partial charge in [0, 0.05) is 41.5 Å². The van der Waals surface area contributed by atoms with Crippen molar-refractivity contribution in [3.05, 3.63) is 41.4 Å². The average Bonchev–Trinajstić information content (AvgIpc) is 3.14. The lowest BCUT2D eigenvalue weighted by atomic mass is 10.0. The molecule has 2 aromatic rings. The maximum Gasteiger partial charge on any atom is 0.232 e. The van der Waals surface area contributed by atoms with Crippen LogP contribution < -0.4 is 5.32 Å². The molecule has 4 rings (SSSR count). The maximum atomic E-state index is 12.5. The lowest BCUT2D eigenvalue weighted by Gasteiger charge is -2.17. The van der Waals surface area contributed by atoms with Crippen LogP contribution in [0.4, 0.5) is 0 Å². The second-order valence-electron chi connectivity index (χ2n) is 6.36. The van der Waals surface area contributed by atoms with Crippen LogP contribution in [0.3, 0.4) is 0 Å². The van der Waals surface area contributed by atoms with Gasteiger partial charge in [0.05, 0.1) is 5.75 Å². The second-order valence-corrected chi connectivity index (χ2v) is 7.78. The highest BCUT2D eigenvalue weighted by Crippen LogP contribution is 2.34. The first-order valence-electron chi connectivity index (χ1n) is 8.01. The van der Waals surface area contributed by atoms with E-state index >= 15 is 0 Å². The number of hydrogen-bond donors (Lipinski definition) is 1. The van der Waals surface area contributed by atoms with Crippen molar-refractivity contribution in [1.29, 1.82) is 0 Å². The molecule has 0 aromatic heterocycles. The standard InChI is InChI=1S/C18H19ClN2OS/c19-15-5-1-3-12-4-2-6-16(18(12)15)23-11-17(22)21-9-13-7-20-8-14(13)10-21/h1-6,13-14,20H,7-11H2/t13-,14+. The summed E-state index contributed by atoms with van der Waals surface area (Å²) in [7, 11) is 0. The van der Waals surface area contributed by atoms with E-state index in [0.29, 0.717) is 17.6 Å². The van der Waals surface area contributed by atoms with E-state index < -0.39 is 0 Å². The monoisotopic (exact) mass is 346 g/mol. The molecule has 1 N–H and O–H groups in total. The molecule has 0 bridgehead atoms. The summed E-state index contributed by atoms with van der Waals surface area (Å²) in [6, 6.07) is 12.1. The number of fused-ring (bicyclic) bond motifs is 2. The molecule has 23 heavy (non-hydrogen) atoms. The third-order valence-electron chi connectivity index (χ3n) is 4.91. The van der Waals surface area contributed by atoms with Crippen LogP contribution in [0.1, 0.15) is 0 Å². The third kappa shape index (κ3) is 2.95. The van der Waals surface area contributed by atoms with Gasteiger partial charge in [-0.3, -0.25) is 4.79 Å². The zero-order valence-electron chi connectivity index (χ0n) is 12.8. The van der Waals surface area contributed by atoms with E-state index in [1.165, 1.54) is 0 Å².